The predicted molar refractivity (Wildman–Crippen MR) is 162 cm³/mol. The number of esters is 1. The van der Waals surface area contributed by atoms with Crippen LogP contribution in [0.1, 0.15) is 170 Å². The highest BCUT2D eigenvalue weighted by Crippen LogP contribution is 2.32. The van der Waals surface area contributed by atoms with Crippen LogP contribution in [0.5, 0.6) is 0 Å². The molecule has 0 saturated heterocycles. The van der Waals surface area contributed by atoms with Gasteiger partial charge in [-0.25, -0.2) is 0 Å². The molecule has 0 bridgehead atoms. The topological polar surface area (TPSA) is 63.6 Å². The molecule has 0 spiro atoms. The molecule has 0 aliphatic heterocycles. The average molecular weight is 539 g/mol. The summed E-state index contributed by atoms with van der Waals surface area (Å²) in [6, 6.07) is 0. The van der Waals surface area contributed by atoms with E-state index in [1.165, 1.54) is 70.6 Å². The maximum Gasteiger partial charge on any atom is 0.308 e. The van der Waals surface area contributed by atoms with Crippen molar-refractivity contribution < 1.29 is 19.4 Å². The zero-order valence-corrected chi connectivity index (χ0v) is 26.4. The Morgan fingerprint density at radius 3 is 1.68 bits per heavy atom. The van der Waals surface area contributed by atoms with Crippen molar-refractivity contribution in [3.63, 3.8) is 0 Å². The van der Waals surface area contributed by atoms with Crippen molar-refractivity contribution in [2.45, 2.75) is 170 Å². The quantitative estimate of drug-likeness (QED) is 0.0834. The summed E-state index contributed by atoms with van der Waals surface area (Å²) in [4.78, 5) is 24.0. The lowest BCUT2D eigenvalue weighted by atomic mass is 9.78. The molecular weight excluding hydrogens is 472 g/mol. The monoisotopic (exact) mass is 538 g/mol. The molecule has 4 unspecified atom stereocenters. The van der Waals surface area contributed by atoms with Gasteiger partial charge >= 0.3 is 11.9 Å². The molecule has 0 aromatic heterocycles. The number of hydrogen-bond donors (Lipinski definition) is 1. The highest BCUT2D eigenvalue weighted by Gasteiger charge is 2.28. The van der Waals surface area contributed by atoms with Gasteiger partial charge < -0.3 is 9.84 Å². The Morgan fingerprint density at radius 2 is 1.18 bits per heavy atom. The van der Waals surface area contributed by atoms with Gasteiger partial charge in [0, 0.05) is 6.42 Å². The molecule has 0 rings (SSSR count). The van der Waals surface area contributed by atoms with Crippen molar-refractivity contribution in [2.75, 3.05) is 6.61 Å². The van der Waals surface area contributed by atoms with Gasteiger partial charge in [-0.2, -0.15) is 0 Å². The van der Waals surface area contributed by atoms with Crippen LogP contribution in [0, 0.1) is 29.6 Å². The van der Waals surface area contributed by atoms with Crippen molar-refractivity contribution in [1.82, 2.24) is 0 Å². The number of carbonyl (C=O) groups excluding carboxylic acids is 1. The van der Waals surface area contributed by atoms with E-state index in [4.69, 9.17) is 9.84 Å². The molecule has 0 aliphatic rings. The minimum atomic E-state index is -0.677. The van der Waals surface area contributed by atoms with E-state index in [1.807, 2.05) is 0 Å². The van der Waals surface area contributed by atoms with Crippen molar-refractivity contribution in [2.24, 2.45) is 29.6 Å². The fourth-order valence-corrected chi connectivity index (χ4v) is 5.72. The van der Waals surface area contributed by atoms with Crippen molar-refractivity contribution in [3.05, 3.63) is 0 Å². The number of rotatable bonds is 27. The van der Waals surface area contributed by atoms with Crippen LogP contribution in [-0.4, -0.2) is 23.7 Å². The highest BCUT2D eigenvalue weighted by atomic mass is 16.5. The Bertz CT molecular complexity index is 559. The number of carboxylic acids is 1. The molecule has 0 aliphatic carbocycles. The third-order valence-electron chi connectivity index (χ3n) is 8.74. The van der Waals surface area contributed by atoms with Crippen molar-refractivity contribution in [3.8, 4) is 0 Å². The molecule has 38 heavy (non-hydrogen) atoms. The first kappa shape index (κ1) is 36.9. The van der Waals surface area contributed by atoms with E-state index in [-0.39, 0.29) is 11.9 Å². The van der Waals surface area contributed by atoms with Crippen molar-refractivity contribution in [1.29, 1.82) is 0 Å². The van der Waals surface area contributed by atoms with Gasteiger partial charge in [0.1, 0.15) is 0 Å². The van der Waals surface area contributed by atoms with Crippen LogP contribution in [0.2, 0.25) is 0 Å². The largest absolute Gasteiger partial charge is 0.481 e. The molecule has 0 amide bonds. The molecule has 4 nitrogen and oxygen atoms in total. The molecule has 0 aromatic carbocycles. The SMILES string of the molecule is CCCCC(CC)COC(=O)C(CC(CC)CCCC)CC(CCCCCCCCCCC(=O)O)C(C)C. The minimum absolute atomic E-state index is 0.0405. The molecular formula is C34H66O4. The zero-order valence-electron chi connectivity index (χ0n) is 26.4. The lowest BCUT2D eigenvalue weighted by Crippen LogP contribution is -2.27. The Kier molecular flexibility index (Phi) is 24.2. The first-order chi connectivity index (χ1) is 18.3. The molecule has 0 fully saturated rings. The number of unbranched alkanes of at least 4 members (excludes halogenated alkanes) is 9. The predicted octanol–water partition coefficient (Wildman–Crippen LogP) is 10.6. The lowest BCUT2D eigenvalue weighted by Gasteiger charge is -2.28. The molecule has 0 aromatic rings. The first-order valence-electron chi connectivity index (χ1n) is 16.7. The van der Waals surface area contributed by atoms with Gasteiger partial charge in [-0.05, 0) is 49.4 Å². The van der Waals surface area contributed by atoms with Gasteiger partial charge in [0.15, 0.2) is 0 Å². The number of hydrogen-bond acceptors (Lipinski definition) is 3. The fourth-order valence-electron chi connectivity index (χ4n) is 5.72. The number of aliphatic carboxylic acids is 1. The minimum Gasteiger partial charge on any atom is -0.481 e. The summed E-state index contributed by atoms with van der Waals surface area (Å²) in [6.45, 7) is 14.2. The summed E-state index contributed by atoms with van der Waals surface area (Å²) >= 11 is 0. The van der Waals surface area contributed by atoms with Gasteiger partial charge in [0.2, 0.25) is 0 Å². The number of carbonyl (C=O) groups is 2. The fraction of sp³-hybridized carbons (Fsp3) is 0.941. The summed E-state index contributed by atoms with van der Waals surface area (Å²) in [6.07, 6.45) is 22.2. The van der Waals surface area contributed by atoms with E-state index < -0.39 is 5.97 Å². The van der Waals surface area contributed by atoms with Crippen LogP contribution in [0.15, 0.2) is 0 Å². The van der Waals surface area contributed by atoms with Gasteiger partial charge in [-0.3, -0.25) is 9.59 Å². The molecule has 226 valence electrons. The summed E-state index contributed by atoms with van der Waals surface area (Å²) in [5, 5.41) is 8.73. The van der Waals surface area contributed by atoms with Gasteiger partial charge in [0.25, 0.3) is 0 Å². The smallest absolute Gasteiger partial charge is 0.308 e. The van der Waals surface area contributed by atoms with Crippen molar-refractivity contribution >= 4 is 11.9 Å². The summed E-state index contributed by atoms with van der Waals surface area (Å²) in [5.74, 6) is 1.72. The van der Waals surface area contributed by atoms with Crippen LogP contribution in [0.25, 0.3) is 0 Å². The maximum absolute atomic E-state index is 13.4. The second-order valence-corrected chi connectivity index (χ2v) is 12.4. The molecule has 0 heterocycles. The second-order valence-electron chi connectivity index (χ2n) is 12.4. The van der Waals surface area contributed by atoms with E-state index >= 15 is 0 Å². The van der Waals surface area contributed by atoms with E-state index in [1.54, 1.807) is 0 Å². The average Bonchev–Trinajstić information content (AvgIpc) is 2.89. The zero-order chi connectivity index (χ0) is 28.6. The van der Waals surface area contributed by atoms with E-state index in [9.17, 15) is 9.59 Å². The molecule has 4 heteroatoms. The third-order valence-corrected chi connectivity index (χ3v) is 8.74. The van der Waals surface area contributed by atoms with Crippen LogP contribution < -0.4 is 0 Å². The summed E-state index contributed by atoms with van der Waals surface area (Å²) in [5.41, 5.74) is 0. The Hall–Kier alpha value is -1.06. The lowest BCUT2D eigenvalue weighted by molar-refractivity contribution is -0.151. The standard InChI is InChI=1S/C34H66O4/c1-7-11-21-29(9-3)25-32(34(37)38-27-30(10-4)22-12-8-2)26-31(28(5)6)23-19-17-15-13-14-16-18-20-24-33(35)36/h28-32H,7-27H2,1-6H3,(H,35,36). The first-order valence-corrected chi connectivity index (χ1v) is 16.7. The van der Waals surface area contributed by atoms with Crippen LogP contribution >= 0.6 is 0 Å². The van der Waals surface area contributed by atoms with E-state index in [2.05, 4.69) is 41.5 Å². The second kappa shape index (κ2) is 24.9. The molecule has 0 radical (unpaired) electrons. The van der Waals surface area contributed by atoms with Gasteiger partial charge in [0.05, 0.1) is 12.5 Å². The van der Waals surface area contributed by atoms with Gasteiger partial charge in [-0.1, -0.05) is 138 Å². The highest BCUT2D eigenvalue weighted by molar-refractivity contribution is 5.72. The molecule has 4 atom stereocenters. The summed E-state index contributed by atoms with van der Waals surface area (Å²) < 4.78 is 6.02. The van der Waals surface area contributed by atoms with E-state index in [0.29, 0.717) is 36.7 Å². The Labute approximate surface area is 237 Å². The normalized spacial score (nSPS) is 14.8. The Balaban J connectivity index is 4.82. The van der Waals surface area contributed by atoms with Crippen LogP contribution in [-0.2, 0) is 14.3 Å². The summed E-state index contributed by atoms with van der Waals surface area (Å²) in [7, 11) is 0. The molecule has 1 N–H and O–H groups in total. The number of ether oxygens (including phenoxy) is 1. The van der Waals surface area contributed by atoms with E-state index in [0.717, 1.165) is 51.4 Å². The van der Waals surface area contributed by atoms with Crippen LogP contribution in [0.4, 0.5) is 0 Å². The maximum atomic E-state index is 13.4. The molecule has 0 saturated carbocycles. The number of carboxylic acid groups (broad SMARTS) is 1. The van der Waals surface area contributed by atoms with Gasteiger partial charge in [-0.15, -0.1) is 0 Å². The van der Waals surface area contributed by atoms with Crippen LogP contribution in [0.3, 0.4) is 0 Å². The Morgan fingerprint density at radius 1 is 0.658 bits per heavy atom. The third kappa shape index (κ3) is 19.9.